The van der Waals surface area contributed by atoms with Crippen LogP contribution in [0.2, 0.25) is 0 Å². The molecule has 0 aliphatic rings. The Hall–Kier alpha value is -2.18. The van der Waals surface area contributed by atoms with Gasteiger partial charge in [0, 0.05) is 0 Å². The molecular weight excluding hydrogens is 316 g/mol. The third-order valence-electron chi connectivity index (χ3n) is 3.90. The van der Waals surface area contributed by atoms with E-state index < -0.39 is 21.0 Å². The van der Waals surface area contributed by atoms with Gasteiger partial charge in [-0.25, -0.2) is 4.79 Å². The van der Waals surface area contributed by atoms with Crippen molar-refractivity contribution in [3.63, 3.8) is 0 Å². The normalized spacial score (nSPS) is 11.3. The van der Waals surface area contributed by atoms with Crippen molar-refractivity contribution in [2.24, 2.45) is 0 Å². The number of ether oxygens (including phenoxy) is 1. The molecule has 1 N–H and O–H groups in total. The molecule has 2 aromatic carbocycles. The Morgan fingerprint density at radius 1 is 1.00 bits per heavy atom. The molecule has 0 unspecified atom stereocenters. The van der Waals surface area contributed by atoms with Crippen LogP contribution in [0.3, 0.4) is 0 Å². The highest BCUT2D eigenvalue weighted by Crippen LogP contribution is 2.33. The minimum atomic E-state index is -4.51. The van der Waals surface area contributed by atoms with Gasteiger partial charge in [0.15, 0.2) is 5.75 Å². The van der Waals surface area contributed by atoms with Gasteiger partial charge in [0.2, 0.25) is 0 Å². The van der Waals surface area contributed by atoms with Crippen molar-refractivity contribution in [1.29, 1.82) is 0 Å². The Kier molecular flexibility index (Phi) is 4.58. The average Bonchev–Trinajstić information content (AvgIpc) is 2.46. The summed E-state index contributed by atoms with van der Waals surface area (Å²) < 4.78 is 38.0. The first-order chi connectivity index (χ1) is 10.6. The van der Waals surface area contributed by atoms with Crippen LogP contribution in [0.15, 0.2) is 35.2 Å². The molecule has 2 aromatic rings. The molecule has 0 aromatic heterocycles. The number of carbonyl (C=O) groups is 1. The fourth-order valence-electron chi connectivity index (χ4n) is 2.29. The van der Waals surface area contributed by atoms with Crippen LogP contribution in [0.5, 0.6) is 5.75 Å². The van der Waals surface area contributed by atoms with E-state index in [-0.39, 0.29) is 5.75 Å². The van der Waals surface area contributed by atoms with Gasteiger partial charge >= 0.3 is 5.97 Å². The predicted molar refractivity (Wildman–Crippen MR) is 86.6 cm³/mol. The minimum absolute atomic E-state index is 0.135. The molecular formula is C17H18O5S. The molecule has 5 nitrogen and oxygen atoms in total. The number of esters is 1. The Morgan fingerprint density at radius 2 is 1.61 bits per heavy atom. The van der Waals surface area contributed by atoms with Gasteiger partial charge in [-0.3, -0.25) is 4.55 Å². The van der Waals surface area contributed by atoms with Crippen LogP contribution in [0, 0.1) is 27.7 Å². The van der Waals surface area contributed by atoms with Gasteiger partial charge in [0.05, 0.1) is 5.56 Å². The number of aryl methyl sites for hydroxylation is 2. The second-order valence-corrected chi connectivity index (χ2v) is 6.84. The van der Waals surface area contributed by atoms with Crippen molar-refractivity contribution in [1.82, 2.24) is 0 Å². The van der Waals surface area contributed by atoms with Gasteiger partial charge in [-0.05, 0) is 62.1 Å². The van der Waals surface area contributed by atoms with Crippen molar-refractivity contribution in [3.05, 3.63) is 58.1 Å². The Bertz CT molecular complexity index is 882. The van der Waals surface area contributed by atoms with Crippen molar-refractivity contribution in [3.8, 4) is 5.75 Å². The van der Waals surface area contributed by atoms with Crippen molar-refractivity contribution in [2.45, 2.75) is 32.6 Å². The van der Waals surface area contributed by atoms with E-state index in [0.717, 1.165) is 5.56 Å². The largest absolute Gasteiger partial charge is 0.421 e. The fourth-order valence-corrected chi connectivity index (χ4v) is 3.04. The molecule has 0 aliphatic heterocycles. The highest BCUT2D eigenvalue weighted by atomic mass is 32.2. The highest BCUT2D eigenvalue weighted by molar-refractivity contribution is 7.86. The first-order valence-electron chi connectivity index (χ1n) is 6.99. The maximum absolute atomic E-state index is 12.4. The average molecular weight is 334 g/mol. The van der Waals surface area contributed by atoms with E-state index in [0.29, 0.717) is 22.3 Å². The maximum Gasteiger partial charge on any atom is 0.343 e. The van der Waals surface area contributed by atoms with Crippen LogP contribution in [0.4, 0.5) is 0 Å². The zero-order chi connectivity index (χ0) is 17.4. The second-order valence-electron chi connectivity index (χ2n) is 5.45. The Labute approximate surface area is 135 Å². The molecule has 0 spiro atoms. The zero-order valence-electron chi connectivity index (χ0n) is 13.4. The smallest absolute Gasteiger partial charge is 0.343 e. The van der Waals surface area contributed by atoms with E-state index in [1.54, 1.807) is 52.0 Å². The van der Waals surface area contributed by atoms with Gasteiger partial charge in [0.25, 0.3) is 10.1 Å². The monoisotopic (exact) mass is 334 g/mol. The summed E-state index contributed by atoms with van der Waals surface area (Å²) in [4.78, 5) is 12.0. The van der Waals surface area contributed by atoms with E-state index in [1.165, 1.54) is 6.07 Å². The predicted octanol–water partition coefficient (Wildman–Crippen LogP) is 3.39. The molecule has 0 atom stereocenters. The van der Waals surface area contributed by atoms with Crippen LogP contribution in [-0.2, 0) is 10.1 Å². The first kappa shape index (κ1) is 17.2. The van der Waals surface area contributed by atoms with Gasteiger partial charge in [-0.15, -0.1) is 0 Å². The lowest BCUT2D eigenvalue weighted by Gasteiger charge is -2.15. The summed E-state index contributed by atoms with van der Waals surface area (Å²) >= 11 is 0. The molecule has 0 radical (unpaired) electrons. The molecule has 23 heavy (non-hydrogen) atoms. The Morgan fingerprint density at radius 3 is 2.17 bits per heavy atom. The molecule has 0 saturated heterocycles. The van der Waals surface area contributed by atoms with E-state index >= 15 is 0 Å². The molecule has 6 heteroatoms. The topological polar surface area (TPSA) is 80.7 Å². The van der Waals surface area contributed by atoms with Gasteiger partial charge in [-0.1, -0.05) is 18.2 Å². The summed E-state index contributed by atoms with van der Waals surface area (Å²) in [5.41, 5.74) is 3.04. The molecule has 0 aliphatic carbocycles. The van der Waals surface area contributed by atoms with Gasteiger partial charge < -0.3 is 4.74 Å². The second kappa shape index (κ2) is 6.14. The van der Waals surface area contributed by atoms with Crippen molar-refractivity contribution >= 4 is 16.1 Å². The van der Waals surface area contributed by atoms with E-state index in [4.69, 9.17) is 4.74 Å². The Balaban J connectivity index is 2.58. The molecule has 0 amide bonds. The molecule has 2 rings (SSSR count). The number of benzene rings is 2. The van der Waals surface area contributed by atoms with E-state index in [1.807, 2.05) is 0 Å². The maximum atomic E-state index is 12.4. The lowest BCUT2D eigenvalue weighted by atomic mass is 10.0. The van der Waals surface area contributed by atoms with Crippen LogP contribution in [0.25, 0.3) is 0 Å². The van der Waals surface area contributed by atoms with Crippen LogP contribution >= 0.6 is 0 Å². The van der Waals surface area contributed by atoms with Crippen molar-refractivity contribution in [2.75, 3.05) is 0 Å². The molecule has 122 valence electrons. The number of rotatable bonds is 3. The summed E-state index contributed by atoms with van der Waals surface area (Å²) in [5.74, 6) is -0.803. The quantitative estimate of drug-likeness (QED) is 0.529. The highest BCUT2D eigenvalue weighted by Gasteiger charge is 2.24. The summed E-state index contributed by atoms with van der Waals surface area (Å²) in [6.07, 6.45) is 0. The molecule has 0 bridgehead atoms. The summed E-state index contributed by atoms with van der Waals surface area (Å²) in [5, 5.41) is 0. The van der Waals surface area contributed by atoms with Crippen molar-refractivity contribution < 1.29 is 22.5 Å². The van der Waals surface area contributed by atoms with Gasteiger partial charge in [0.1, 0.15) is 4.90 Å². The first-order valence-corrected chi connectivity index (χ1v) is 8.43. The lowest BCUT2D eigenvalue weighted by Crippen LogP contribution is -2.14. The lowest BCUT2D eigenvalue weighted by molar-refractivity contribution is 0.0728. The van der Waals surface area contributed by atoms with Crippen LogP contribution in [-0.4, -0.2) is 18.9 Å². The van der Waals surface area contributed by atoms with Crippen LogP contribution in [0.1, 0.15) is 32.6 Å². The summed E-state index contributed by atoms with van der Waals surface area (Å²) in [6, 6.07) is 8.14. The number of carbonyl (C=O) groups excluding carboxylic acids is 1. The third-order valence-corrected chi connectivity index (χ3v) is 4.76. The number of hydrogen-bond donors (Lipinski definition) is 1. The molecule has 0 saturated carbocycles. The zero-order valence-corrected chi connectivity index (χ0v) is 14.2. The summed E-state index contributed by atoms with van der Waals surface area (Å²) in [7, 11) is -4.51. The van der Waals surface area contributed by atoms with Crippen LogP contribution < -0.4 is 4.74 Å². The third kappa shape index (κ3) is 3.43. The molecule has 0 heterocycles. The fraction of sp³-hybridized carbons (Fsp3) is 0.235. The summed E-state index contributed by atoms with van der Waals surface area (Å²) in [6.45, 7) is 6.93. The standard InChI is InChI=1S/C17H18O5S/c1-10-7-5-6-8-14(10)17(18)22-16-13(4)12(3)11(2)9-15(16)23(19,20)21/h5-9H,1-4H3,(H,19,20,21). The number of hydrogen-bond acceptors (Lipinski definition) is 4. The van der Waals surface area contributed by atoms with E-state index in [2.05, 4.69) is 0 Å². The van der Waals surface area contributed by atoms with E-state index in [9.17, 15) is 17.8 Å². The minimum Gasteiger partial charge on any atom is -0.421 e. The van der Waals surface area contributed by atoms with Gasteiger partial charge in [-0.2, -0.15) is 8.42 Å². The SMILES string of the molecule is Cc1ccccc1C(=O)Oc1c(S(=O)(=O)O)cc(C)c(C)c1C. The molecule has 0 fully saturated rings.